The molecule has 2 N–H and O–H groups in total. The van der Waals surface area contributed by atoms with Crippen LogP contribution in [0.5, 0.6) is 0 Å². The maximum Gasteiger partial charge on any atom is 0.208 e. The monoisotopic (exact) mass is 440 g/mol. The van der Waals surface area contributed by atoms with Gasteiger partial charge >= 0.3 is 0 Å². The number of nitrogens with zero attached hydrogens (tertiary/aromatic N) is 4. The summed E-state index contributed by atoms with van der Waals surface area (Å²) in [5.41, 5.74) is 2.29. The van der Waals surface area contributed by atoms with Gasteiger partial charge in [-0.2, -0.15) is 0 Å². The second-order valence-corrected chi connectivity index (χ2v) is 8.62. The van der Waals surface area contributed by atoms with Crippen LogP contribution in [-0.2, 0) is 6.54 Å². The molecule has 1 aromatic heterocycles. The number of hydrogen-bond donors (Lipinski definition) is 2. The number of guanidine groups is 1. The maximum atomic E-state index is 5.74. The van der Waals surface area contributed by atoms with Gasteiger partial charge in [-0.3, -0.25) is 9.89 Å². The number of likely N-dealkylation sites (tertiary alicyclic amines) is 1. The van der Waals surface area contributed by atoms with E-state index in [9.17, 15) is 0 Å². The Labute approximate surface area is 193 Å². The van der Waals surface area contributed by atoms with Crippen molar-refractivity contribution in [2.45, 2.75) is 46.6 Å². The number of aromatic nitrogens is 1. The standard InChI is InChI=1S/C25H40N6O/c1-5-31(23-10-7-6-8-11-23)15-9-14-27-25(26-4)28-18-22-12-16-30(17-13-22)19-24-29-20(2)21(3)32-24/h6-8,10-11,22H,5,9,12-19H2,1-4H3,(H2,26,27,28). The van der Waals surface area contributed by atoms with Crippen molar-refractivity contribution < 1.29 is 4.42 Å². The van der Waals surface area contributed by atoms with E-state index >= 15 is 0 Å². The molecule has 0 spiro atoms. The average Bonchev–Trinajstić information content (AvgIpc) is 3.14. The molecular weight excluding hydrogens is 400 g/mol. The summed E-state index contributed by atoms with van der Waals surface area (Å²) in [5, 5.41) is 6.99. The van der Waals surface area contributed by atoms with Crippen LogP contribution in [0, 0.1) is 19.8 Å². The second-order valence-electron chi connectivity index (χ2n) is 8.62. The molecule has 0 bridgehead atoms. The number of benzene rings is 1. The van der Waals surface area contributed by atoms with Gasteiger partial charge in [-0.1, -0.05) is 18.2 Å². The first-order chi connectivity index (χ1) is 15.6. The molecule has 176 valence electrons. The lowest BCUT2D eigenvalue weighted by atomic mass is 9.97. The number of hydrogen-bond acceptors (Lipinski definition) is 5. The van der Waals surface area contributed by atoms with Crippen molar-refractivity contribution in [2.24, 2.45) is 10.9 Å². The van der Waals surface area contributed by atoms with Crippen LogP contribution in [0.3, 0.4) is 0 Å². The highest BCUT2D eigenvalue weighted by atomic mass is 16.4. The van der Waals surface area contributed by atoms with Crippen LogP contribution in [0.2, 0.25) is 0 Å². The fourth-order valence-corrected chi connectivity index (χ4v) is 4.19. The summed E-state index contributed by atoms with van der Waals surface area (Å²) >= 11 is 0. The maximum absolute atomic E-state index is 5.74. The largest absolute Gasteiger partial charge is 0.444 e. The number of para-hydroxylation sites is 1. The average molecular weight is 441 g/mol. The van der Waals surface area contributed by atoms with Gasteiger partial charge in [-0.05, 0) is 71.2 Å². The Morgan fingerprint density at radius 3 is 2.56 bits per heavy atom. The van der Waals surface area contributed by atoms with Gasteiger partial charge in [-0.25, -0.2) is 4.98 Å². The molecule has 1 aromatic carbocycles. The summed E-state index contributed by atoms with van der Waals surface area (Å²) in [5.74, 6) is 3.35. The third kappa shape index (κ3) is 7.26. The molecule has 7 nitrogen and oxygen atoms in total. The van der Waals surface area contributed by atoms with E-state index < -0.39 is 0 Å². The van der Waals surface area contributed by atoms with Crippen molar-refractivity contribution in [1.82, 2.24) is 20.5 Å². The lowest BCUT2D eigenvalue weighted by Gasteiger charge is -2.31. The number of anilines is 1. The minimum atomic E-state index is 0.673. The van der Waals surface area contributed by atoms with Crippen molar-refractivity contribution >= 4 is 11.6 Å². The molecule has 2 aromatic rings. The Morgan fingerprint density at radius 1 is 1.19 bits per heavy atom. The molecule has 1 saturated heterocycles. The molecule has 32 heavy (non-hydrogen) atoms. The summed E-state index contributed by atoms with van der Waals surface area (Å²) in [6.45, 7) is 13.1. The Morgan fingerprint density at radius 2 is 1.94 bits per heavy atom. The van der Waals surface area contributed by atoms with Gasteiger partial charge in [0.05, 0.1) is 12.2 Å². The van der Waals surface area contributed by atoms with Crippen LogP contribution in [0.1, 0.15) is 43.5 Å². The normalized spacial score (nSPS) is 15.7. The lowest BCUT2D eigenvalue weighted by molar-refractivity contribution is 0.164. The van der Waals surface area contributed by atoms with Gasteiger partial charge in [0.25, 0.3) is 0 Å². The Kier molecular flexibility index (Phi) is 9.41. The molecule has 7 heteroatoms. The summed E-state index contributed by atoms with van der Waals surface area (Å²) in [6.07, 6.45) is 3.44. The minimum Gasteiger partial charge on any atom is -0.444 e. The zero-order valence-corrected chi connectivity index (χ0v) is 20.2. The molecule has 2 heterocycles. The van der Waals surface area contributed by atoms with Crippen molar-refractivity contribution in [2.75, 3.05) is 51.2 Å². The first-order valence-corrected chi connectivity index (χ1v) is 12.0. The van der Waals surface area contributed by atoms with E-state index in [0.29, 0.717) is 5.92 Å². The Balaban J connectivity index is 1.31. The topological polar surface area (TPSA) is 68.9 Å². The molecule has 0 radical (unpaired) electrons. The number of nitrogens with one attached hydrogen (secondary N) is 2. The summed E-state index contributed by atoms with van der Waals surface area (Å²) in [7, 11) is 1.85. The second kappa shape index (κ2) is 12.5. The van der Waals surface area contributed by atoms with Gasteiger partial charge in [0.2, 0.25) is 5.89 Å². The van der Waals surface area contributed by atoms with Crippen LogP contribution in [0.25, 0.3) is 0 Å². The number of aliphatic imine (C=N–C) groups is 1. The molecule has 0 atom stereocenters. The van der Waals surface area contributed by atoms with Crippen LogP contribution in [-0.4, -0.2) is 62.2 Å². The fourth-order valence-electron chi connectivity index (χ4n) is 4.19. The number of rotatable bonds is 10. The minimum absolute atomic E-state index is 0.673. The molecular formula is C25H40N6O. The van der Waals surface area contributed by atoms with Crippen molar-refractivity contribution in [3.63, 3.8) is 0 Å². The van der Waals surface area contributed by atoms with Crippen molar-refractivity contribution in [1.29, 1.82) is 0 Å². The van der Waals surface area contributed by atoms with E-state index in [4.69, 9.17) is 4.42 Å². The molecule has 1 aliphatic heterocycles. The van der Waals surface area contributed by atoms with Crippen LogP contribution < -0.4 is 15.5 Å². The zero-order chi connectivity index (χ0) is 22.8. The third-order valence-electron chi connectivity index (χ3n) is 6.32. The fraction of sp³-hybridized carbons (Fsp3) is 0.600. The number of oxazole rings is 1. The predicted octanol–water partition coefficient (Wildman–Crippen LogP) is 3.59. The summed E-state index contributed by atoms with van der Waals surface area (Å²) in [6, 6.07) is 10.6. The van der Waals surface area contributed by atoms with Gasteiger partial charge in [0.1, 0.15) is 5.76 Å². The molecule has 1 aliphatic rings. The van der Waals surface area contributed by atoms with E-state index in [1.165, 1.54) is 18.5 Å². The van der Waals surface area contributed by atoms with Crippen LogP contribution in [0.4, 0.5) is 5.69 Å². The highest BCUT2D eigenvalue weighted by molar-refractivity contribution is 5.79. The molecule has 0 saturated carbocycles. The Bertz CT molecular complexity index is 807. The highest BCUT2D eigenvalue weighted by Gasteiger charge is 2.21. The van der Waals surface area contributed by atoms with E-state index in [0.717, 1.165) is 75.5 Å². The molecule has 0 unspecified atom stereocenters. The van der Waals surface area contributed by atoms with Gasteiger partial charge < -0.3 is 20.0 Å². The van der Waals surface area contributed by atoms with E-state index in [1.54, 1.807) is 0 Å². The number of aryl methyl sites for hydroxylation is 2. The van der Waals surface area contributed by atoms with Crippen LogP contribution >= 0.6 is 0 Å². The van der Waals surface area contributed by atoms with E-state index in [2.05, 4.69) is 67.7 Å². The predicted molar refractivity (Wildman–Crippen MR) is 132 cm³/mol. The summed E-state index contributed by atoms with van der Waals surface area (Å²) < 4.78 is 5.74. The Hall–Kier alpha value is -2.54. The lowest BCUT2D eigenvalue weighted by Crippen LogP contribution is -2.43. The SMILES string of the molecule is CCN(CCCNC(=NC)NCC1CCN(Cc2nc(C)c(C)o2)CC1)c1ccccc1. The zero-order valence-electron chi connectivity index (χ0n) is 20.2. The van der Waals surface area contributed by atoms with Gasteiger partial charge in [0, 0.05) is 38.9 Å². The molecule has 3 rings (SSSR count). The van der Waals surface area contributed by atoms with Crippen molar-refractivity contribution in [3.05, 3.63) is 47.7 Å². The molecule has 1 fully saturated rings. The van der Waals surface area contributed by atoms with Gasteiger partial charge in [0.15, 0.2) is 5.96 Å². The van der Waals surface area contributed by atoms with E-state index in [-0.39, 0.29) is 0 Å². The first kappa shape index (κ1) is 24.1. The quantitative estimate of drug-likeness (QED) is 0.334. The number of piperidine rings is 1. The van der Waals surface area contributed by atoms with Crippen LogP contribution in [0.15, 0.2) is 39.7 Å². The third-order valence-corrected chi connectivity index (χ3v) is 6.32. The smallest absolute Gasteiger partial charge is 0.208 e. The first-order valence-electron chi connectivity index (χ1n) is 12.0. The van der Waals surface area contributed by atoms with E-state index in [1.807, 2.05) is 20.9 Å². The van der Waals surface area contributed by atoms with Gasteiger partial charge in [-0.15, -0.1) is 0 Å². The highest BCUT2D eigenvalue weighted by Crippen LogP contribution is 2.19. The molecule has 0 amide bonds. The summed E-state index contributed by atoms with van der Waals surface area (Å²) in [4.78, 5) is 13.8. The van der Waals surface area contributed by atoms with Crippen molar-refractivity contribution in [3.8, 4) is 0 Å². The molecule has 0 aliphatic carbocycles.